The van der Waals surface area contributed by atoms with Gasteiger partial charge in [-0.05, 0) is 54.8 Å². The second-order valence-electron chi connectivity index (χ2n) is 7.70. The number of benzene rings is 3. The topological polar surface area (TPSA) is 63.2 Å². The van der Waals surface area contributed by atoms with E-state index in [1.807, 2.05) is 78.2 Å². The maximum Gasteiger partial charge on any atom is 0.255 e. The van der Waals surface area contributed by atoms with Crippen molar-refractivity contribution in [2.45, 2.75) is 26.2 Å². The Balaban J connectivity index is 1.44. The lowest BCUT2D eigenvalue weighted by molar-refractivity contribution is 0.102. The Morgan fingerprint density at radius 1 is 1.03 bits per heavy atom. The van der Waals surface area contributed by atoms with Crippen molar-refractivity contribution in [3.63, 3.8) is 0 Å². The first-order chi connectivity index (χ1) is 16.2. The summed E-state index contributed by atoms with van der Waals surface area (Å²) >= 11 is 1.52. The highest BCUT2D eigenvalue weighted by atomic mass is 32.1. The van der Waals surface area contributed by atoms with Gasteiger partial charge >= 0.3 is 0 Å². The average molecular weight is 458 g/mol. The third kappa shape index (κ3) is 5.79. The number of carbonyl (C=O) groups is 1. The molecule has 0 saturated carbocycles. The van der Waals surface area contributed by atoms with Crippen LogP contribution in [-0.2, 0) is 6.42 Å². The minimum absolute atomic E-state index is 0.119. The van der Waals surface area contributed by atoms with Crippen LogP contribution in [0, 0.1) is 0 Å². The van der Waals surface area contributed by atoms with Gasteiger partial charge in [0.2, 0.25) is 0 Å². The quantitative estimate of drug-likeness (QED) is 0.280. The van der Waals surface area contributed by atoms with Crippen LogP contribution in [-0.4, -0.2) is 18.0 Å². The third-order valence-electron chi connectivity index (χ3n) is 5.30. The Kier molecular flexibility index (Phi) is 7.37. The van der Waals surface area contributed by atoms with E-state index in [0.29, 0.717) is 5.56 Å². The van der Waals surface area contributed by atoms with Crippen molar-refractivity contribution in [3.05, 3.63) is 89.3 Å². The molecule has 0 aliphatic carbocycles. The van der Waals surface area contributed by atoms with E-state index in [2.05, 4.69) is 17.6 Å². The summed E-state index contributed by atoms with van der Waals surface area (Å²) in [6, 6.07) is 23.3. The molecule has 4 rings (SSSR count). The number of para-hydroxylation sites is 2. The number of thiazole rings is 1. The van der Waals surface area contributed by atoms with Crippen molar-refractivity contribution in [2.24, 2.45) is 0 Å². The van der Waals surface area contributed by atoms with Crippen LogP contribution >= 0.6 is 11.3 Å². The van der Waals surface area contributed by atoms with Crippen LogP contribution in [0.5, 0.6) is 5.75 Å². The minimum atomic E-state index is -0.119. The summed E-state index contributed by atoms with van der Waals surface area (Å²) in [5.74, 6) is 0.642. The predicted octanol–water partition coefficient (Wildman–Crippen LogP) is 7.16. The predicted molar refractivity (Wildman–Crippen MR) is 137 cm³/mol. The van der Waals surface area contributed by atoms with Crippen molar-refractivity contribution < 1.29 is 9.53 Å². The molecule has 0 aliphatic heterocycles. The standard InChI is InChI=1S/C27H27N3O2S/c1-3-4-8-19-13-15-20(16-14-19)26(31)28-22-10-7-9-21(17-22)24-18-33-27(30-24)29-23-11-5-6-12-25(23)32-2/h5-7,9-18H,3-4,8H2,1-2H3,(H,28,31)(H,29,30). The highest BCUT2D eigenvalue weighted by Crippen LogP contribution is 2.31. The number of hydrogen-bond donors (Lipinski definition) is 2. The molecule has 2 N–H and O–H groups in total. The summed E-state index contributed by atoms with van der Waals surface area (Å²) in [6.45, 7) is 2.18. The second-order valence-corrected chi connectivity index (χ2v) is 8.56. The molecule has 0 spiro atoms. The van der Waals surface area contributed by atoms with Gasteiger partial charge in [-0.2, -0.15) is 0 Å². The molecule has 168 valence electrons. The zero-order valence-corrected chi connectivity index (χ0v) is 19.6. The van der Waals surface area contributed by atoms with Gasteiger partial charge in [0.15, 0.2) is 5.13 Å². The number of amides is 1. The molecular formula is C27H27N3O2S. The lowest BCUT2D eigenvalue weighted by Gasteiger charge is -2.08. The maximum atomic E-state index is 12.7. The molecule has 6 heteroatoms. The van der Waals surface area contributed by atoms with Crippen LogP contribution in [0.1, 0.15) is 35.7 Å². The van der Waals surface area contributed by atoms with Crippen molar-refractivity contribution >= 4 is 33.8 Å². The molecule has 3 aromatic carbocycles. The molecule has 1 heterocycles. The van der Waals surface area contributed by atoms with Crippen molar-refractivity contribution in [1.82, 2.24) is 4.98 Å². The number of nitrogens with zero attached hydrogens (tertiary/aromatic N) is 1. The number of unbranched alkanes of at least 4 members (excludes halogenated alkanes) is 1. The van der Waals surface area contributed by atoms with Gasteiger partial charge in [0.05, 0.1) is 18.5 Å². The smallest absolute Gasteiger partial charge is 0.255 e. The molecule has 0 unspecified atom stereocenters. The number of carbonyl (C=O) groups excluding carboxylic acids is 1. The second kappa shape index (κ2) is 10.8. The summed E-state index contributed by atoms with van der Waals surface area (Å²) < 4.78 is 5.40. The summed E-state index contributed by atoms with van der Waals surface area (Å²) in [5.41, 5.74) is 5.29. The van der Waals surface area contributed by atoms with E-state index in [1.165, 1.54) is 16.9 Å². The zero-order valence-electron chi connectivity index (χ0n) is 18.8. The normalized spacial score (nSPS) is 10.6. The Labute approximate surface area is 198 Å². The third-order valence-corrected chi connectivity index (χ3v) is 6.06. The van der Waals surface area contributed by atoms with Gasteiger partial charge in [-0.15, -0.1) is 11.3 Å². The molecule has 0 atom stereocenters. The van der Waals surface area contributed by atoms with Gasteiger partial charge < -0.3 is 15.4 Å². The van der Waals surface area contributed by atoms with Gasteiger partial charge in [0.1, 0.15) is 5.75 Å². The number of anilines is 3. The van der Waals surface area contributed by atoms with Gasteiger partial charge in [0.25, 0.3) is 5.91 Å². The summed E-state index contributed by atoms with van der Waals surface area (Å²) in [6.07, 6.45) is 3.36. The summed E-state index contributed by atoms with van der Waals surface area (Å²) in [5, 5.41) is 9.07. The fourth-order valence-corrected chi connectivity index (χ4v) is 4.22. The van der Waals surface area contributed by atoms with Gasteiger partial charge in [0, 0.05) is 22.2 Å². The van der Waals surface area contributed by atoms with E-state index < -0.39 is 0 Å². The van der Waals surface area contributed by atoms with Crippen molar-refractivity contribution in [3.8, 4) is 17.0 Å². The largest absolute Gasteiger partial charge is 0.495 e. The van der Waals surface area contributed by atoms with Crippen LogP contribution in [0.4, 0.5) is 16.5 Å². The fourth-order valence-electron chi connectivity index (χ4n) is 3.49. The minimum Gasteiger partial charge on any atom is -0.495 e. The zero-order chi connectivity index (χ0) is 23.0. The number of aromatic nitrogens is 1. The summed E-state index contributed by atoms with van der Waals surface area (Å²) in [7, 11) is 1.65. The first kappa shape index (κ1) is 22.6. The Morgan fingerprint density at radius 3 is 2.64 bits per heavy atom. The molecule has 0 saturated heterocycles. The van der Waals surface area contributed by atoms with Crippen LogP contribution < -0.4 is 15.4 Å². The van der Waals surface area contributed by atoms with E-state index in [0.717, 1.165) is 52.8 Å². The average Bonchev–Trinajstić information content (AvgIpc) is 3.32. The molecule has 1 amide bonds. The molecule has 33 heavy (non-hydrogen) atoms. The Hall–Kier alpha value is -3.64. The van der Waals surface area contributed by atoms with Gasteiger partial charge in [-0.25, -0.2) is 4.98 Å². The number of rotatable bonds is 9. The van der Waals surface area contributed by atoms with E-state index >= 15 is 0 Å². The Bertz CT molecular complexity index is 1220. The molecule has 1 aromatic heterocycles. The molecule has 0 bridgehead atoms. The fraction of sp³-hybridized carbons (Fsp3) is 0.185. The molecular weight excluding hydrogens is 430 g/mol. The van der Waals surface area contributed by atoms with E-state index in [-0.39, 0.29) is 5.91 Å². The summed E-state index contributed by atoms with van der Waals surface area (Å²) in [4.78, 5) is 17.4. The molecule has 0 aliphatic rings. The first-order valence-electron chi connectivity index (χ1n) is 11.0. The SMILES string of the molecule is CCCCc1ccc(C(=O)Nc2cccc(-c3csc(Nc4ccccc4OC)n3)c2)cc1. The highest BCUT2D eigenvalue weighted by Gasteiger charge is 2.10. The van der Waals surface area contributed by atoms with Crippen LogP contribution in [0.15, 0.2) is 78.2 Å². The van der Waals surface area contributed by atoms with Crippen LogP contribution in [0.3, 0.4) is 0 Å². The van der Waals surface area contributed by atoms with Crippen LogP contribution in [0.2, 0.25) is 0 Å². The monoisotopic (exact) mass is 457 g/mol. The van der Waals surface area contributed by atoms with Crippen molar-refractivity contribution in [2.75, 3.05) is 17.7 Å². The maximum absolute atomic E-state index is 12.7. The van der Waals surface area contributed by atoms with Crippen molar-refractivity contribution in [1.29, 1.82) is 0 Å². The van der Waals surface area contributed by atoms with Gasteiger partial charge in [-0.1, -0.05) is 49.7 Å². The number of methoxy groups -OCH3 is 1. The van der Waals surface area contributed by atoms with E-state index in [9.17, 15) is 4.79 Å². The van der Waals surface area contributed by atoms with E-state index in [1.54, 1.807) is 7.11 Å². The number of nitrogens with one attached hydrogen (secondary N) is 2. The Morgan fingerprint density at radius 2 is 1.85 bits per heavy atom. The lowest BCUT2D eigenvalue weighted by Crippen LogP contribution is -2.11. The van der Waals surface area contributed by atoms with Crippen LogP contribution in [0.25, 0.3) is 11.3 Å². The molecule has 4 aromatic rings. The molecule has 5 nitrogen and oxygen atoms in total. The molecule has 0 fully saturated rings. The number of hydrogen-bond acceptors (Lipinski definition) is 5. The molecule has 0 radical (unpaired) electrons. The lowest BCUT2D eigenvalue weighted by atomic mass is 10.1. The van der Waals surface area contributed by atoms with E-state index in [4.69, 9.17) is 9.72 Å². The highest BCUT2D eigenvalue weighted by molar-refractivity contribution is 7.14. The first-order valence-corrected chi connectivity index (χ1v) is 11.9. The number of aryl methyl sites for hydroxylation is 1. The number of ether oxygens (including phenoxy) is 1. The van der Waals surface area contributed by atoms with Gasteiger partial charge in [-0.3, -0.25) is 4.79 Å².